The number of anilines is 1. The largest absolute Gasteiger partial charge is 0.496 e. The summed E-state index contributed by atoms with van der Waals surface area (Å²) >= 11 is 1.28. The highest BCUT2D eigenvalue weighted by molar-refractivity contribution is 7.15. The van der Waals surface area contributed by atoms with Crippen molar-refractivity contribution in [1.82, 2.24) is 4.57 Å². The molecule has 0 saturated heterocycles. The molecule has 0 aliphatic carbocycles. The molecule has 4 rings (SSSR count). The average molecular weight is 461 g/mol. The molecule has 6 nitrogen and oxygen atoms in total. The van der Waals surface area contributed by atoms with E-state index in [9.17, 15) is 9.59 Å². The number of hydrogen-bond donors (Lipinski definition) is 1. The molecule has 1 amide bonds. The van der Waals surface area contributed by atoms with Crippen LogP contribution >= 0.6 is 11.3 Å². The Bertz CT molecular complexity index is 1270. The van der Waals surface area contributed by atoms with E-state index >= 15 is 0 Å². The normalized spacial score (nSPS) is 10.6. The van der Waals surface area contributed by atoms with Gasteiger partial charge >= 0.3 is 5.97 Å². The fraction of sp³-hybridized carbons (Fsp3) is 0.154. The summed E-state index contributed by atoms with van der Waals surface area (Å²) in [5, 5.41) is 5.17. The summed E-state index contributed by atoms with van der Waals surface area (Å²) in [4.78, 5) is 25.9. The second-order valence-corrected chi connectivity index (χ2v) is 8.25. The minimum absolute atomic E-state index is 0.229. The van der Waals surface area contributed by atoms with E-state index in [1.807, 2.05) is 71.7 Å². The Morgan fingerprint density at radius 2 is 1.76 bits per heavy atom. The minimum Gasteiger partial charge on any atom is -0.496 e. The number of aromatic nitrogens is 1. The standard InChI is InChI=1S/C26H24N2O4S/c1-4-32-26(30)23-21(20-15-17(2)7-12-22(20)31-3)16-33-25(23)27-24(29)18-8-10-19(11-9-18)28-13-5-6-14-28/h5-16H,4H2,1-3H3,(H,27,29). The highest BCUT2D eigenvalue weighted by Gasteiger charge is 2.25. The molecule has 168 valence electrons. The maximum atomic E-state index is 13.0. The Labute approximate surface area is 196 Å². The van der Waals surface area contributed by atoms with Gasteiger partial charge in [0.05, 0.1) is 13.7 Å². The zero-order chi connectivity index (χ0) is 23.4. The second kappa shape index (κ2) is 9.75. The number of benzene rings is 2. The minimum atomic E-state index is -0.490. The topological polar surface area (TPSA) is 69.6 Å². The van der Waals surface area contributed by atoms with Crippen LogP contribution in [0.1, 0.15) is 33.2 Å². The van der Waals surface area contributed by atoms with Gasteiger partial charge in [-0.2, -0.15) is 0 Å². The van der Waals surface area contributed by atoms with Crippen molar-refractivity contribution in [3.05, 3.63) is 89.1 Å². The lowest BCUT2D eigenvalue weighted by molar-refractivity contribution is 0.0529. The Balaban J connectivity index is 1.67. The average Bonchev–Trinajstić information content (AvgIpc) is 3.50. The third-order valence-corrected chi connectivity index (χ3v) is 6.07. The summed E-state index contributed by atoms with van der Waals surface area (Å²) in [5.74, 6) is -0.151. The fourth-order valence-electron chi connectivity index (χ4n) is 3.55. The number of methoxy groups -OCH3 is 1. The third-order valence-electron chi connectivity index (χ3n) is 5.17. The third kappa shape index (κ3) is 4.68. The van der Waals surface area contributed by atoms with Crippen LogP contribution in [0.4, 0.5) is 5.00 Å². The first-order valence-electron chi connectivity index (χ1n) is 10.5. The molecule has 1 N–H and O–H groups in total. The number of esters is 1. The Morgan fingerprint density at radius 3 is 2.42 bits per heavy atom. The monoisotopic (exact) mass is 460 g/mol. The molecule has 2 heterocycles. The van der Waals surface area contributed by atoms with E-state index < -0.39 is 5.97 Å². The van der Waals surface area contributed by atoms with Gasteiger partial charge in [-0.25, -0.2) is 4.79 Å². The van der Waals surface area contributed by atoms with Gasteiger partial charge in [-0.3, -0.25) is 4.79 Å². The van der Waals surface area contributed by atoms with Crippen LogP contribution in [0.15, 0.2) is 72.4 Å². The first-order valence-corrected chi connectivity index (χ1v) is 11.4. The van der Waals surface area contributed by atoms with Crippen LogP contribution in [0, 0.1) is 6.92 Å². The fourth-order valence-corrected chi connectivity index (χ4v) is 4.50. The van der Waals surface area contributed by atoms with E-state index in [4.69, 9.17) is 9.47 Å². The van der Waals surface area contributed by atoms with Crippen molar-refractivity contribution in [2.75, 3.05) is 19.0 Å². The van der Waals surface area contributed by atoms with Crippen molar-refractivity contribution >= 4 is 28.2 Å². The molecule has 2 aromatic heterocycles. The smallest absolute Gasteiger partial charge is 0.341 e. The molecule has 7 heteroatoms. The molecule has 2 aromatic carbocycles. The number of amides is 1. The van der Waals surface area contributed by atoms with Crippen LogP contribution in [0.25, 0.3) is 16.8 Å². The van der Waals surface area contributed by atoms with Crippen molar-refractivity contribution < 1.29 is 19.1 Å². The summed E-state index contributed by atoms with van der Waals surface area (Å²) in [6.07, 6.45) is 3.88. The van der Waals surface area contributed by atoms with E-state index in [2.05, 4.69) is 5.32 Å². The van der Waals surface area contributed by atoms with Crippen LogP contribution in [0.2, 0.25) is 0 Å². The van der Waals surface area contributed by atoms with Gasteiger partial charge in [0.25, 0.3) is 5.91 Å². The highest BCUT2D eigenvalue weighted by atomic mass is 32.1. The molecule has 0 radical (unpaired) electrons. The number of thiophene rings is 1. The van der Waals surface area contributed by atoms with Crippen LogP contribution in [-0.2, 0) is 4.74 Å². The van der Waals surface area contributed by atoms with Gasteiger partial charge in [-0.15, -0.1) is 11.3 Å². The van der Waals surface area contributed by atoms with Gasteiger partial charge in [-0.1, -0.05) is 11.6 Å². The Kier molecular flexibility index (Phi) is 6.60. The molecular formula is C26H24N2O4S. The molecule has 33 heavy (non-hydrogen) atoms. The van der Waals surface area contributed by atoms with Gasteiger partial charge in [-0.05, 0) is 62.4 Å². The maximum absolute atomic E-state index is 13.0. The summed E-state index contributed by atoms with van der Waals surface area (Å²) in [6.45, 7) is 3.95. The second-order valence-electron chi connectivity index (χ2n) is 7.37. The van der Waals surface area contributed by atoms with Crippen molar-refractivity contribution in [1.29, 1.82) is 0 Å². The molecule has 0 bridgehead atoms. The van der Waals surface area contributed by atoms with Crippen molar-refractivity contribution in [3.63, 3.8) is 0 Å². The zero-order valence-corrected chi connectivity index (χ0v) is 19.4. The van der Waals surface area contributed by atoms with Gasteiger partial charge in [0.15, 0.2) is 0 Å². The van der Waals surface area contributed by atoms with Crippen LogP contribution in [0.3, 0.4) is 0 Å². The van der Waals surface area contributed by atoms with Crippen molar-refractivity contribution in [2.24, 2.45) is 0 Å². The summed E-state index contributed by atoms with van der Waals surface area (Å²) < 4.78 is 12.8. The number of carbonyl (C=O) groups excluding carboxylic acids is 2. The maximum Gasteiger partial charge on any atom is 0.341 e. The predicted octanol–water partition coefficient (Wildman–Crippen LogP) is 5.95. The lowest BCUT2D eigenvalue weighted by atomic mass is 10.0. The van der Waals surface area contributed by atoms with E-state index in [1.165, 1.54) is 11.3 Å². The SMILES string of the molecule is CCOC(=O)c1c(-c2cc(C)ccc2OC)csc1NC(=O)c1ccc(-n2cccc2)cc1. The molecule has 0 fully saturated rings. The molecule has 0 saturated carbocycles. The number of ether oxygens (including phenoxy) is 2. The lowest BCUT2D eigenvalue weighted by Gasteiger charge is -2.12. The zero-order valence-electron chi connectivity index (χ0n) is 18.6. The van der Waals surface area contributed by atoms with E-state index in [0.717, 1.165) is 16.8 Å². The first kappa shape index (κ1) is 22.4. The van der Waals surface area contributed by atoms with E-state index in [0.29, 0.717) is 27.4 Å². The molecule has 0 atom stereocenters. The number of hydrogen-bond acceptors (Lipinski definition) is 5. The van der Waals surface area contributed by atoms with Gasteiger partial charge in [0.2, 0.25) is 0 Å². The van der Waals surface area contributed by atoms with Crippen molar-refractivity contribution in [3.8, 4) is 22.6 Å². The van der Waals surface area contributed by atoms with Crippen LogP contribution < -0.4 is 10.1 Å². The van der Waals surface area contributed by atoms with Gasteiger partial charge in [0, 0.05) is 40.2 Å². The van der Waals surface area contributed by atoms with Crippen molar-refractivity contribution in [2.45, 2.75) is 13.8 Å². The van der Waals surface area contributed by atoms with E-state index in [-0.39, 0.29) is 12.5 Å². The quantitative estimate of drug-likeness (QED) is 0.346. The molecule has 0 aliphatic heterocycles. The molecular weight excluding hydrogens is 436 g/mol. The predicted molar refractivity (Wildman–Crippen MR) is 131 cm³/mol. The number of rotatable bonds is 7. The summed E-state index contributed by atoms with van der Waals surface area (Å²) in [5.41, 5.74) is 4.23. The molecule has 4 aromatic rings. The summed E-state index contributed by atoms with van der Waals surface area (Å²) in [7, 11) is 1.59. The number of nitrogens with one attached hydrogen (secondary N) is 1. The van der Waals surface area contributed by atoms with E-state index in [1.54, 1.807) is 26.2 Å². The Hall–Kier alpha value is -3.84. The molecule has 0 spiro atoms. The molecule has 0 aliphatic rings. The Morgan fingerprint density at radius 1 is 1.03 bits per heavy atom. The summed E-state index contributed by atoms with van der Waals surface area (Å²) in [6, 6.07) is 16.9. The first-order chi connectivity index (χ1) is 16.0. The lowest BCUT2D eigenvalue weighted by Crippen LogP contribution is -2.15. The van der Waals surface area contributed by atoms with Crippen LogP contribution in [-0.4, -0.2) is 30.2 Å². The number of aryl methyl sites for hydroxylation is 1. The van der Waals surface area contributed by atoms with Gasteiger partial charge in [0.1, 0.15) is 16.3 Å². The van der Waals surface area contributed by atoms with Gasteiger partial charge < -0.3 is 19.4 Å². The van der Waals surface area contributed by atoms with Crippen LogP contribution in [0.5, 0.6) is 5.75 Å². The number of nitrogens with zero attached hydrogens (tertiary/aromatic N) is 1. The molecule has 0 unspecified atom stereocenters. The number of carbonyl (C=O) groups is 2. The highest BCUT2D eigenvalue weighted by Crippen LogP contribution is 2.40.